The minimum absolute atomic E-state index is 0.101. The second-order valence-electron chi connectivity index (χ2n) is 28.7. The van der Waals surface area contributed by atoms with E-state index in [-0.39, 0.29) is 25.7 Å². The number of aliphatic hydroxyl groups is 1. The van der Waals surface area contributed by atoms with Gasteiger partial charge in [-0.25, -0.2) is 9.13 Å². The molecule has 0 aromatic heterocycles. The van der Waals surface area contributed by atoms with Gasteiger partial charge in [0.15, 0.2) is 12.2 Å². The van der Waals surface area contributed by atoms with E-state index in [1.807, 2.05) is 0 Å². The van der Waals surface area contributed by atoms with E-state index < -0.39 is 97.5 Å². The summed E-state index contributed by atoms with van der Waals surface area (Å²) in [5.41, 5.74) is 0. The van der Waals surface area contributed by atoms with E-state index >= 15 is 0 Å². The number of rotatable bonds is 72. The third kappa shape index (κ3) is 67.3. The van der Waals surface area contributed by atoms with Crippen LogP contribution < -0.4 is 0 Å². The number of aliphatic hydroxyl groups excluding tert-OH is 1. The van der Waals surface area contributed by atoms with Gasteiger partial charge in [-0.05, 0) is 49.4 Å². The zero-order chi connectivity index (χ0) is 69.6. The van der Waals surface area contributed by atoms with Crippen molar-refractivity contribution in [3.63, 3.8) is 0 Å². The highest BCUT2D eigenvalue weighted by Gasteiger charge is 2.30. The third-order valence-electron chi connectivity index (χ3n) is 17.7. The van der Waals surface area contributed by atoms with E-state index in [9.17, 15) is 43.2 Å². The number of esters is 4. The molecule has 4 unspecified atom stereocenters. The van der Waals surface area contributed by atoms with Gasteiger partial charge < -0.3 is 33.8 Å². The highest BCUT2D eigenvalue weighted by atomic mass is 31.2. The van der Waals surface area contributed by atoms with Gasteiger partial charge >= 0.3 is 39.5 Å². The molecule has 0 radical (unpaired) electrons. The van der Waals surface area contributed by atoms with Gasteiger partial charge in [-0.3, -0.25) is 37.3 Å². The molecule has 3 N–H and O–H groups in total. The second-order valence-corrected chi connectivity index (χ2v) is 31.6. The molecule has 0 aliphatic heterocycles. The van der Waals surface area contributed by atoms with Crippen molar-refractivity contribution in [2.24, 2.45) is 23.7 Å². The smallest absolute Gasteiger partial charge is 0.462 e. The number of phosphoric ester groups is 2. The largest absolute Gasteiger partial charge is 0.472 e. The van der Waals surface area contributed by atoms with Crippen molar-refractivity contribution < 1.29 is 80.2 Å². The molecule has 0 aliphatic rings. The second kappa shape index (κ2) is 64.4. The molecule has 0 rings (SSSR count). The van der Waals surface area contributed by atoms with E-state index in [1.165, 1.54) is 180 Å². The summed E-state index contributed by atoms with van der Waals surface area (Å²) >= 11 is 0. The van der Waals surface area contributed by atoms with Crippen molar-refractivity contribution in [2.45, 2.75) is 395 Å². The molecule has 0 aliphatic carbocycles. The van der Waals surface area contributed by atoms with Gasteiger partial charge in [-0.15, -0.1) is 0 Å². The van der Waals surface area contributed by atoms with Gasteiger partial charge in [0, 0.05) is 25.7 Å². The lowest BCUT2D eigenvalue weighted by molar-refractivity contribution is -0.161. The zero-order valence-electron chi connectivity index (χ0n) is 61.6. The first-order valence-corrected chi connectivity index (χ1v) is 41.7. The van der Waals surface area contributed by atoms with Crippen LogP contribution in [0.3, 0.4) is 0 Å². The minimum atomic E-state index is -4.96. The number of phosphoric acid groups is 2. The van der Waals surface area contributed by atoms with Crippen molar-refractivity contribution in [3.8, 4) is 0 Å². The Morgan fingerprint density at radius 2 is 0.511 bits per heavy atom. The van der Waals surface area contributed by atoms with Crippen molar-refractivity contribution in [2.75, 3.05) is 39.6 Å². The Bertz CT molecular complexity index is 1850. The van der Waals surface area contributed by atoms with Crippen LogP contribution in [0.4, 0.5) is 0 Å². The molecule has 0 heterocycles. The minimum Gasteiger partial charge on any atom is -0.462 e. The first-order chi connectivity index (χ1) is 45.1. The third-order valence-corrected chi connectivity index (χ3v) is 19.6. The fourth-order valence-corrected chi connectivity index (χ4v) is 12.9. The van der Waals surface area contributed by atoms with Crippen LogP contribution in [-0.2, 0) is 65.4 Å². The molecule has 0 amide bonds. The molecule has 0 spiro atoms. The summed E-state index contributed by atoms with van der Waals surface area (Å²) in [4.78, 5) is 72.6. The standard InChI is InChI=1S/C75H146O17P2/c1-9-68(8)54-46-38-29-22-18-16-14-12-10-11-13-15-17-19-23-30-39-47-55-72(77)85-61-70(91-74(79)57-49-41-32-24-20-21-27-35-43-51-65(2)3)63-89-93(81,82)87-59-69(76)60-88-94(83,84)90-64-71(92-75(80)58-50-42-34-33-37-45-53-67(6)7)62-86-73(78)56-48-40-31-26-25-28-36-44-52-66(4)5/h65-71,76H,9-64H2,1-8H3,(H,81,82)(H,83,84)/t68?,69?,70-,71-/m1/s1. The highest BCUT2D eigenvalue weighted by Crippen LogP contribution is 2.45. The topological polar surface area (TPSA) is 237 Å². The van der Waals surface area contributed by atoms with Crippen LogP contribution in [0.25, 0.3) is 0 Å². The summed E-state index contributed by atoms with van der Waals surface area (Å²) in [6.45, 7) is 14.1. The van der Waals surface area contributed by atoms with Crippen molar-refractivity contribution in [1.82, 2.24) is 0 Å². The van der Waals surface area contributed by atoms with Gasteiger partial charge in [0.1, 0.15) is 19.3 Å². The fraction of sp³-hybridized carbons (Fsp3) is 0.947. The zero-order valence-corrected chi connectivity index (χ0v) is 63.4. The molecule has 17 nitrogen and oxygen atoms in total. The molecule has 0 saturated heterocycles. The Hall–Kier alpha value is -1.94. The summed E-state index contributed by atoms with van der Waals surface area (Å²) in [5, 5.41) is 10.6. The van der Waals surface area contributed by atoms with Crippen LogP contribution in [-0.4, -0.2) is 96.7 Å². The maximum absolute atomic E-state index is 13.1. The molecule has 0 aromatic carbocycles. The summed E-state index contributed by atoms with van der Waals surface area (Å²) in [6, 6.07) is 0. The van der Waals surface area contributed by atoms with E-state index in [2.05, 4.69) is 55.4 Å². The average molecular weight is 1380 g/mol. The highest BCUT2D eigenvalue weighted by molar-refractivity contribution is 7.47. The first-order valence-electron chi connectivity index (χ1n) is 38.7. The molecule has 19 heteroatoms. The van der Waals surface area contributed by atoms with Gasteiger partial charge in [-0.1, -0.05) is 325 Å². The van der Waals surface area contributed by atoms with E-state index in [0.29, 0.717) is 31.6 Å². The van der Waals surface area contributed by atoms with Crippen LogP contribution in [0.2, 0.25) is 0 Å². The number of unbranched alkanes of at least 4 members (excludes halogenated alkanes) is 37. The molecule has 6 atom stereocenters. The molecule has 0 bridgehead atoms. The van der Waals surface area contributed by atoms with E-state index in [0.717, 1.165) is 108 Å². The maximum Gasteiger partial charge on any atom is 0.472 e. The van der Waals surface area contributed by atoms with Crippen molar-refractivity contribution in [3.05, 3.63) is 0 Å². The van der Waals surface area contributed by atoms with Crippen LogP contribution in [0.15, 0.2) is 0 Å². The van der Waals surface area contributed by atoms with Crippen molar-refractivity contribution >= 4 is 39.5 Å². The number of ether oxygens (including phenoxy) is 4. The quantitative estimate of drug-likeness (QED) is 0.0222. The monoisotopic (exact) mass is 1380 g/mol. The summed E-state index contributed by atoms with van der Waals surface area (Å²) in [7, 11) is -9.91. The van der Waals surface area contributed by atoms with Gasteiger partial charge in [0.05, 0.1) is 26.4 Å². The average Bonchev–Trinajstić information content (AvgIpc) is 1.31. The number of hydrogen-bond donors (Lipinski definition) is 3. The van der Waals surface area contributed by atoms with E-state index in [1.54, 1.807) is 0 Å². The Labute approximate surface area is 575 Å². The normalized spacial score (nSPS) is 14.4. The molecule has 0 saturated carbocycles. The molecule has 0 aromatic rings. The lowest BCUT2D eigenvalue weighted by atomic mass is 9.99. The Kier molecular flexibility index (Phi) is 63.1. The SMILES string of the molecule is CCC(C)CCCCCCCCCCCCCCCCCCCCC(=O)OC[C@H](COP(=O)(O)OCC(O)COP(=O)(O)OC[C@@H](COC(=O)CCCCCCCCCCC(C)C)OC(=O)CCCCCCCCC(C)C)OC(=O)CCCCCCCCCCCC(C)C. The Morgan fingerprint density at radius 1 is 0.298 bits per heavy atom. The first kappa shape index (κ1) is 92.1. The van der Waals surface area contributed by atoms with Crippen LogP contribution in [0.5, 0.6) is 0 Å². The van der Waals surface area contributed by atoms with Crippen LogP contribution in [0, 0.1) is 23.7 Å². The molecule has 0 fully saturated rings. The van der Waals surface area contributed by atoms with Crippen LogP contribution in [0.1, 0.15) is 376 Å². The number of carbonyl (C=O) groups is 4. The van der Waals surface area contributed by atoms with Crippen molar-refractivity contribution in [1.29, 1.82) is 0 Å². The number of carbonyl (C=O) groups excluding carboxylic acids is 4. The molecule has 94 heavy (non-hydrogen) atoms. The molecule has 558 valence electrons. The Morgan fingerprint density at radius 3 is 0.755 bits per heavy atom. The summed E-state index contributed by atoms with van der Waals surface area (Å²) in [6.07, 6.45) is 49.0. The summed E-state index contributed by atoms with van der Waals surface area (Å²) < 4.78 is 68.3. The maximum atomic E-state index is 13.1. The van der Waals surface area contributed by atoms with Gasteiger partial charge in [0.2, 0.25) is 0 Å². The van der Waals surface area contributed by atoms with Gasteiger partial charge in [-0.2, -0.15) is 0 Å². The lowest BCUT2D eigenvalue weighted by Crippen LogP contribution is -2.30. The fourth-order valence-electron chi connectivity index (χ4n) is 11.3. The number of hydrogen-bond acceptors (Lipinski definition) is 15. The Balaban J connectivity index is 5.13. The summed E-state index contributed by atoms with van der Waals surface area (Å²) in [5.74, 6) is 0.876. The molecular weight excluding hydrogens is 1230 g/mol. The van der Waals surface area contributed by atoms with E-state index in [4.69, 9.17) is 37.0 Å². The van der Waals surface area contributed by atoms with Crippen LogP contribution >= 0.6 is 15.6 Å². The van der Waals surface area contributed by atoms with Gasteiger partial charge in [0.25, 0.3) is 0 Å². The predicted octanol–water partition coefficient (Wildman–Crippen LogP) is 21.7. The molecular formula is C75H146O17P2. The predicted molar refractivity (Wildman–Crippen MR) is 381 cm³/mol. The lowest BCUT2D eigenvalue weighted by Gasteiger charge is -2.21.